The Balaban J connectivity index is 4.81. The third kappa shape index (κ3) is 3.48. The highest BCUT2D eigenvalue weighted by Gasteiger charge is 2.31. The zero-order valence-electron chi connectivity index (χ0n) is 10.9. The van der Waals surface area contributed by atoms with Crippen LogP contribution in [0, 0.1) is 5.92 Å². The Kier molecular flexibility index (Phi) is 5.44. The molecular weight excluding hydrogens is 208 g/mol. The fourth-order valence-corrected chi connectivity index (χ4v) is 1.67. The van der Waals surface area contributed by atoms with E-state index in [1.165, 1.54) is 18.9 Å². The Morgan fingerprint density at radius 1 is 1.06 bits per heavy atom. The van der Waals surface area contributed by atoms with Crippen LogP contribution in [-0.2, 0) is 9.59 Å². The van der Waals surface area contributed by atoms with E-state index in [-0.39, 0.29) is 17.9 Å². The van der Waals surface area contributed by atoms with Crippen molar-refractivity contribution < 1.29 is 14.7 Å². The summed E-state index contributed by atoms with van der Waals surface area (Å²) in [6.07, 6.45) is 0. The van der Waals surface area contributed by atoms with Crippen molar-refractivity contribution >= 4 is 11.9 Å². The second kappa shape index (κ2) is 5.84. The average molecular weight is 230 g/mol. The van der Waals surface area contributed by atoms with Crippen LogP contribution in [0.4, 0.5) is 0 Å². The zero-order valence-corrected chi connectivity index (χ0v) is 10.9. The van der Waals surface area contributed by atoms with Gasteiger partial charge in [-0.2, -0.15) is 0 Å². The van der Waals surface area contributed by atoms with E-state index in [9.17, 15) is 9.59 Å². The molecule has 5 heteroatoms. The summed E-state index contributed by atoms with van der Waals surface area (Å²) in [6.45, 7) is 5.40. The molecule has 1 amide bonds. The maximum absolute atomic E-state index is 12.1. The van der Waals surface area contributed by atoms with Crippen LogP contribution < -0.4 is 0 Å². The van der Waals surface area contributed by atoms with Gasteiger partial charge in [0.05, 0.1) is 6.04 Å². The van der Waals surface area contributed by atoms with Gasteiger partial charge < -0.3 is 10.0 Å². The number of carboxylic acids is 1. The van der Waals surface area contributed by atoms with Gasteiger partial charge in [0, 0.05) is 7.05 Å². The standard InChI is InChI=1S/C11H22N2O3/c1-7(2)9(12(4)5)10(14)13(6)8(3)11(15)16/h7-9H,1-6H3,(H,15,16). The molecule has 0 bridgehead atoms. The summed E-state index contributed by atoms with van der Waals surface area (Å²) >= 11 is 0. The maximum atomic E-state index is 12.1. The molecule has 0 aromatic heterocycles. The van der Waals surface area contributed by atoms with E-state index in [1.807, 2.05) is 32.8 Å². The number of carboxylic acid groups (broad SMARTS) is 1. The van der Waals surface area contributed by atoms with Crippen molar-refractivity contribution in [2.45, 2.75) is 32.9 Å². The highest BCUT2D eigenvalue weighted by atomic mass is 16.4. The summed E-state index contributed by atoms with van der Waals surface area (Å²) in [7, 11) is 5.17. The van der Waals surface area contributed by atoms with Gasteiger partial charge in [-0.1, -0.05) is 13.8 Å². The third-order valence-electron chi connectivity index (χ3n) is 2.73. The van der Waals surface area contributed by atoms with Crippen LogP contribution >= 0.6 is 0 Å². The van der Waals surface area contributed by atoms with Crippen LogP contribution in [0.15, 0.2) is 0 Å². The molecule has 0 rings (SSSR count). The molecule has 0 radical (unpaired) electrons. The molecular formula is C11H22N2O3. The molecule has 2 unspecified atom stereocenters. The first-order valence-electron chi connectivity index (χ1n) is 5.36. The summed E-state index contributed by atoms with van der Waals surface area (Å²) in [5, 5.41) is 8.85. The van der Waals surface area contributed by atoms with Crippen LogP contribution in [0.2, 0.25) is 0 Å². The van der Waals surface area contributed by atoms with Crippen molar-refractivity contribution in [3.63, 3.8) is 0 Å². The van der Waals surface area contributed by atoms with Gasteiger partial charge in [-0.15, -0.1) is 0 Å². The Morgan fingerprint density at radius 3 is 1.75 bits per heavy atom. The molecule has 0 aliphatic rings. The minimum atomic E-state index is -0.989. The predicted molar refractivity (Wildman–Crippen MR) is 62.2 cm³/mol. The van der Waals surface area contributed by atoms with E-state index >= 15 is 0 Å². The van der Waals surface area contributed by atoms with Crippen LogP contribution in [0.25, 0.3) is 0 Å². The average Bonchev–Trinajstić information content (AvgIpc) is 2.13. The summed E-state index contributed by atoms with van der Waals surface area (Å²) in [6, 6.07) is -1.08. The molecule has 16 heavy (non-hydrogen) atoms. The molecule has 0 heterocycles. The zero-order chi connectivity index (χ0) is 13.0. The van der Waals surface area contributed by atoms with Crippen LogP contribution in [-0.4, -0.2) is 60.0 Å². The number of nitrogens with zero attached hydrogens (tertiary/aromatic N) is 2. The van der Waals surface area contributed by atoms with Crippen molar-refractivity contribution in [3.05, 3.63) is 0 Å². The number of carbonyl (C=O) groups excluding carboxylic acids is 1. The monoisotopic (exact) mass is 230 g/mol. The summed E-state index contributed by atoms with van der Waals surface area (Å²) < 4.78 is 0. The number of hydrogen-bond donors (Lipinski definition) is 1. The molecule has 1 N–H and O–H groups in total. The Hall–Kier alpha value is -1.10. The number of rotatable bonds is 5. The van der Waals surface area contributed by atoms with Gasteiger partial charge in [-0.3, -0.25) is 9.69 Å². The normalized spacial score (nSPS) is 15.0. The highest BCUT2D eigenvalue weighted by Crippen LogP contribution is 2.12. The Labute approximate surface area is 97.0 Å². The number of amides is 1. The lowest BCUT2D eigenvalue weighted by atomic mass is 10.0. The van der Waals surface area contributed by atoms with E-state index in [1.54, 1.807) is 0 Å². The Bertz CT molecular complexity index is 256. The number of likely N-dealkylation sites (N-methyl/N-ethyl adjacent to an activating group) is 2. The number of carbonyl (C=O) groups is 2. The topological polar surface area (TPSA) is 60.9 Å². The van der Waals surface area contributed by atoms with Crippen LogP contribution in [0.1, 0.15) is 20.8 Å². The van der Waals surface area contributed by atoms with E-state index < -0.39 is 12.0 Å². The minimum Gasteiger partial charge on any atom is -0.480 e. The summed E-state index contributed by atoms with van der Waals surface area (Å²) in [5.41, 5.74) is 0. The first kappa shape index (κ1) is 14.9. The molecule has 0 fully saturated rings. The molecule has 0 aromatic rings. The lowest BCUT2D eigenvalue weighted by Crippen LogP contribution is -2.51. The van der Waals surface area contributed by atoms with E-state index in [2.05, 4.69) is 0 Å². The van der Waals surface area contributed by atoms with Gasteiger partial charge in [-0.25, -0.2) is 4.79 Å². The SMILES string of the molecule is CC(C)C(C(=O)N(C)C(C)C(=O)O)N(C)C. The molecule has 94 valence electrons. The lowest BCUT2D eigenvalue weighted by Gasteiger charge is -2.32. The van der Waals surface area contributed by atoms with E-state index in [0.29, 0.717) is 0 Å². The second-order valence-corrected chi connectivity index (χ2v) is 4.62. The van der Waals surface area contributed by atoms with E-state index in [4.69, 9.17) is 5.11 Å². The predicted octanol–water partition coefficient (Wildman–Crippen LogP) is 0.504. The molecule has 0 saturated carbocycles. The second-order valence-electron chi connectivity index (χ2n) is 4.62. The maximum Gasteiger partial charge on any atom is 0.326 e. The molecule has 2 atom stereocenters. The summed E-state index contributed by atoms with van der Waals surface area (Å²) in [4.78, 5) is 26.0. The van der Waals surface area contributed by atoms with Gasteiger partial charge in [0.1, 0.15) is 6.04 Å². The van der Waals surface area contributed by atoms with Crippen molar-refractivity contribution in [1.29, 1.82) is 0 Å². The molecule has 0 spiro atoms. The Morgan fingerprint density at radius 2 is 1.50 bits per heavy atom. The number of aliphatic carboxylic acids is 1. The molecule has 0 aromatic carbocycles. The van der Waals surface area contributed by atoms with Crippen molar-refractivity contribution in [2.24, 2.45) is 5.92 Å². The molecule has 5 nitrogen and oxygen atoms in total. The minimum absolute atomic E-state index is 0.144. The van der Waals surface area contributed by atoms with Crippen LogP contribution in [0.5, 0.6) is 0 Å². The first-order chi connectivity index (χ1) is 7.20. The van der Waals surface area contributed by atoms with Crippen molar-refractivity contribution in [2.75, 3.05) is 21.1 Å². The first-order valence-corrected chi connectivity index (χ1v) is 5.36. The summed E-state index contributed by atoms with van der Waals surface area (Å²) in [5.74, 6) is -1.00. The molecule has 0 aliphatic heterocycles. The van der Waals surface area contributed by atoms with Crippen molar-refractivity contribution in [3.8, 4) is 0 Å². The van der Waals surface area contributed by atoms with Gasteiger partial charge in [-0.05, 0) is 26.9 Å². The highest BCUT2D eigenvalue weighted by molar-refractivity contribution is 5.86. The largest absolute Gasteiger partial charge is 0.480 e. The smallest absolute Gasteiger partial charge is 0.326 e. The molecule has 0 saturated heterocycles. The van der Waals surface area contributed by atoms with Crippen molar-refractivity contribution in [1.82, 2.24) is 9.80 Å². The van der Waals surface area contributed by atoms with Crippen LogP contribution in [0.3, 0.4) is 0 Å². The molecule has 0 aliphatic carbocycles. The fourth-order valence-electron chi connectivity index (χ4n) is 1.67. The fraction of sp³-hybridized carbons (Fsp3) is 0.818. The lowest BCUT2D eigenvalue weighted by molar-refractivity contribution is -0.150. The quantitative estimate of drug-likeness (QED) is 0.747. The van der Waals surface area contributed by atoms with E-state index in [0.717, 1.165) is 0 Å². The van der Waals surface area contributed by atoms with Gasteiger partial charge in [0.25, 0.3) is 0 Å². The van der Waals surface area contributed by atoms with Gasteiger partial charge >= 0.3 is 5.97 Å². The number of hydrogen-bond acceptors (Lipinski definition) is 3. The van der Waals surface area contributed by atoms with Gasteiger partial charge in [0.2, 0.25) is 5.91 Å². The third-order valence-corrected chi connectivity index (χ3v) is 2.73. The van der Waals surface area contributed by atoms with Gasteiger partial charge in [0.15, 0.2) is 0 Å².